The Morgan fingerprint density at radius 2 is 1.71 bits per heavy atom. The van der Waals surface area contributed by atoms with Gasteiger partial charge in [-0.3, -0.25) is 10.1 Å². The molecule has 0 aliphatic heterocycles. The van der Waals surface area contributed by atoms with Gasteiger partial charge >= 0.3 is 5.69 Å². The maximum Gasteiger partial charge on any atom is 0.310 e. The van der Waals surface area contributed by atoms with Gasteiger partial charge in [0.25, 0.3) is 0 Å². The predicted octanol–water partition coefficient (Wildman–Crippen LogP) is 2.84. The second-order valence-electron chi connectivity index (χ2n) is 6.70. The Bertz CT molecular complexity index is 694. The van der Waals surface area contributed by atoms with Gasteiger partial charge in [-0.15, -0.1) is 0 Å². The predicted molar refractivity (Wildman–Crippen MR) is 81.2 cm³/mol. The van der Waals surface area contributed by atoms with Crippen LogP contribution in [-0.2, 0) is 9.84 Å². The molecule has 1 aliphatic carbocycles. The summed E-state index contributed by atoms with van der Waals surface area (Å²) < 4.78 is 23.5. The minimum absolute atomic E-state index is 0.0119. The third-order valence-electron chi connectivity index (χ3n) is 4.90. The van der Waals surface area contributed by atoms with Crippen LogP contribution in [0.1, 0.15) is 27.7 Å². The standard InChI is InChI=1S/C14H20N2O4S/c1-13(2)12(14(13,3)4)15-9-7-6-8-10(21(5,19)20)11(9)16(17)18/h6-8,12,15H,1-5H3. The lowest BCUT2D eigenvalue weighted by atomic mass is 10.0. The van der Waals surface area contributed by atoms with E-state index in [1.165, 1.54) is 12.1 Å². The van der Waals surface area contributed by atoms with E-state index >= 15 is 0 Å². The summed E-state index contributed by atoms with van der Waals surface area (Å²) in [4.78, 5) is 10.4. The van der Waals surface area contributed by atoms with E-state index in [1.54, 1.807) is 6.07 Å². The smallest absolute Gasteiger partial charge is 0.310 e. The summed E-state index contributed by atoms with van der Waals surface area (Å²) in [5.74, 6) is 0. The van der Waals surface area contributed by atoms with Gasteiger partial charge in [-0.25, -0.2) is 8.42 Å². The summed E-state index contributed by atoms with van der Waals surface area (Å²) in [5, 5.41) is 14.5. The van der Waals surface area contributed by atoms with E-state index in [9.17, 15) is 18.5 Å². The van der Waals surface area contributed by atoms with Gasteiger partial charge in [0.05, 0.1) is 4.92 Å². The first kappa shape index (κ1) is 15.8. The van der Waals surface area contributed by atoms with Crippen molar-refractivity contribution in [3.8, 4) is 0 Å². The lowest BCUT2D eigenvalue weighted by molar-refractivity contribution is -0.386. The number of hydrogen-bond acceptors (Lipinski definition) is 5. The van der Waals surface area contributed by atoms with Gasteiger partial charge in [-0.2, -0.15) is 0 Å². The van der Waals surface area contributed by atoms with Crippen molar-refractivity contribution >= 4 is 21.2 Å². The number of anilines is 1. The average molecular weight is 312 g/mol. The van der Waals surface area contributed by atoms with Crippen LogP contribution in [0.5, 0.6) is 0 Å². The Labute approximate surface area is 124 Å². The van der Waals surface area contributed by atoms with E-state index in [-0.39, 0.29) is 33.1 Å². The number of nitrogens with one attached hydrogen (secondary N) is 1. The fourth-order valence-electron chi connectivity index (χ4n) is 2.84. The highest BCUT2D eigenvalue weighted by Crippen LogP contribution is 2.64. The number of rotatable bonds is 4. The van der Waals surface area contributed by atoms with Crippen LogP contribution in [0.3, 0.4) is 0 Å². The molecule has 0 unspecified atom stereocenters. The van der Waals surface area contributed by atoms with Crippen molar-refractivity contribution in [3.63, 3.8) is 0 Å². The van der Waals surface area contributed by atoms with Crippen LogP contribution < -0.4 is 5.32 Å². The Morgan fingerprint density at radius 1 is 1.19 bits per heavy atom. The fraction of sp³-hybridized carbons (Fsp3) is 0.571. The van der Waals surface area contributed by atoms with Crippen molar-refractivity contribution in [1.29, 1.82) is 0 Å². The van der Waals surface area contributed by atoms with Gasteiger partial charge in [-0.05, 0) is 23.0 Å². The summed E-state index contributed by atoms with van der Waals surface area (Å²) >= 11 is 0. The molecule has 0 atom stereocenters. The van der Waals surface area contributed by atoms with E-state index in [1.807, 2.05) is 0 Å². The summed E-state index contributed by atoms with van der Waals surface area (Å²) in [6.45, 7) is 8.32. The fourth-order valence-corrected chi connectivity index (χ4v) is 3.70. The summed E-state index contributed by atoms with van der Waals surface area (Å²) in [5.41, 5.74) is -0.144. The largest absolute Gasteiger partial charge is 0.376 e. The second kappa shape index (κ2) is 4.43. The molecule has 0 aromatic heterocycles. The quantitative estimate of drug-likeness (QED) is 0.682. The molecule has 1 aliphatic rings. The lowest BCUT2D eigenvalue weighted by Gasteiger charge is -2.11. The van der Waals surface area contributed by atoms with Crippen LogP contribution in [0.25, 0.3) is 0 Å². The first-order valence-corrected chi connectivity index (χ1v) is 8.54. The zero-order valence-electron chi connectivity index (χ0n) is 12.8. The number of nitrogens with zero attached hydrogens (tertiary/aromatic N) is 1. The van der Waals surface area contributed by atoms with Gasteiger partial charge in [0.2, 0.25) is 0 Å². The van der Waals surface area contributed by atoms with Crippen molar-refractivity contribution in [1.82, 2.24) is 0 Å². The molecule has 1 fully saturated rings. The Hall–Kier alpha value is -1.63. The van der Waals surface area contributed by atoms with Crippen LogP contribution in [-0.4, -0.2) is 25.6 Å². The molecule has 0 saturated heterocycles. The Balaban J connectivity index is 2.50. The van der Waals surface area contributed by atoms with E-state index in [0.29, 0.717) is 0 Å². The minimum Gasteiger partial charge on any atom is -0.376 e. The SMILES string of the molecule is CC1(C)C(Nc2cccc(S(C)(=O)=O)c2[N+](=O)[O-])C1(C)C. The maximum atomic E-state index is 11.7. The minimum atomic E-state index is -3.66. The second-order valence-corrected chi connectivity index (χ2v) is 8.69. The molecule has 1 aromatic carbocycles. The number of nitro groups is 1. The van der Waals surface area contributed by atoms with Gasteiger partial charge in [0.15, 0.2) is 9.84 Å². The van der Waals surface area contributed by atoms with Crippen molar-refractivity contribution in [2.75, 3.05) is 11.6 Å². The van der Waals surface area contributed by atoms with Crippen molar-refractivity contribution in [3.05, 3.63) is 28.3 Å². The van der Waals surface area contributed by atoms with Gasteiger partial charge < -0.3 is 5.32 Å². The van der Waals surface area contributed by atoms with E-state index in [2.05, 4.69) is 33.0 Å². The number of nitro benzene ring substituents is 1. The van der Waals surface area contributed by atoms with Gasteiger partial charge in [-0.1, -0.05) is 33.8 Å². The summed E-state index contributed by atoms with van der Waals surface area (Å²) in [6.07, 6.45) is 0.976. The number of sulfone groups is 1. The van der Waals surface area contributed by atoms with Crippen molar-refractivity contribution < 1.29 is 13.3 Å². The van der Waals surface area contributed by atoms with Crippen LogP contribution in [0, 0.1) is 20.9 Å². The highest BCUT2D eigenvalue weighted by Gasteiger charge is 2.65. The molecule has 0 radical (unpaired) electrons. The molecule has 1 aromatic rings. The summed E-state index contributed by atoms with van der Waals surface area (Å²) in [6, 6.07) is 4.39. The van der Waals surface area contributed by atoms with E-state index in [0.717, 1.165) is 6.26 Å². The number of hydrogen-bond donors (Lipinski definition) is 1. The third kappa shape index (κ3) is 2.39. The molecule has 0 bridgehead atoms. The first-order valence-electron chi connectivity index (χ1n) is 6.64. The van der Waals surface area contributed by atoms with Gasteiger partial charge in [0, 0.05) is 12.3 Å². The summed E-state index contributed by atoms with van der Waals surface area (Å²) in [7, 11) is -3.66. The van der Waals surface area contributed by atoms with Crippen LogP contribution in [0.15, 0.2) is 23.1 Å². The zero-order chi connectivity index (χ0) is 16.2. The molecule has 21 heavy (non-hydrogen) atoms. The average Bonchev–Trinajstić information content (AvgIpc) is 2.70. The molecule has 6 nitrogen and oxygen atoms in total. The van der Waals surface area contributed by atoms with Gasteiger partial charge in [0.1, 0.15) is 10.6 Å². The van der Waals surface area contributed by atoms with Crippen molar-refractivity contribution in [2.24, 2.45) is 10.8 Å². The Kier molecular flexibility index (Phi) is 3.32. The monoisotopic (exact) mass is 312 g/mol. The molecule has 0 amide bonds. The van der Waals surface area contributed by atoms with Crippen LogP contribution in [0.4, 0.5) is 11.4 Å². The normalized spacial score (nSPS) is 20.0. The maximum absolute atomic E-state index is 11.7. The molecule has 0 heterocycles. The highest BCUT2D eigenvalue weighted by atomic mass is 32.2. The van der Waals surface area contributed by atoms with Crippen LogP contribution >= 0.6 is 0 Å². The molecule has 1 N–H and O–H groups in total. The number of benzene rings is 1. The first-order chi connectivity index (χ1) is 9.40. The van der Waals surface area contributed by atoms with Crippen molar-refractivity contribution in [2.45, 2.75) is 38.6 Å². The van der Waals surface area contributed by atoms with E-state index in [4.69, 9.17) is 0 Å². The topological polar surface area (TPSA) is 89.3 Å². The molecule has 0 spiro atoms. The molecule has 116 valence electrons. The molecular formula is C14H20N2O4S. The highest BCUT2D eigenvalue weighted by molar-refractivity contribution is 7.90. The lowest BCUT2D eigenvalue weighted by Crippen LogP contribution is -2.13. The number of para-hydroxylation sites is 1. The molecular weight excluding hydrogens is 292 g/mol. The molecule has 7 heteroatoms. The van der Waals surface area contributed by atoms with Crippen LogP contribution in [0.2, 0.25) is 0 Å². The Morgan fingerprint density at radius 3 is 2.10 bits per heavy atom. The van der Waals surface area contributed by atoms with E-state index < -0.39 is 14.8 Å². The zero-order valence-corrected chi connectivity index (χ0v) is 13.6. The molecule has 2 rings (SSSR count). The third-order valence-corrected chi connectivity index (χ3v) is 6.03. The molecule has 1 saturated carbocycles.